The first kappa shape index (κ1) is 19.7. The highest BCUT2D eigenvalue weighted by atomic mass is 16.4. The minimum atomic E-state index is -1.61. The Morgan fingerprint density at radius 3 is 2.61 bits per heavy atom. The molecule has 1 aromatic carbocycles. The third-order valence-corrected chi connectivity index (χ3v) is 4.77. The summed E-state index contributed by atoms with van der Waals surface area (Å²) in [6.45, 7) is 5.41. The van der Waals surface area contributed by atoms with E-state index in [-0.39, 0.29) is 18.9 Å². The Morgan fingerprint density at radius 2 is 2.00 bits per heavy atom. The molecule has 0 aliphatic carbocycles. The number of aryl methyl sites for hydroxylation is 1. The van der Waals surface area contributed by atoms with Crippen LogP contribution in [0.4, 0.5) is 5.69 Å². The Labute approximate surface area is 162 Å². The number of benzene rings is 1. The molecule has 3 rings (SSSR count). The SMILES string of the molecule is CCc1nnc(CN(C)C(=O)c2cccc(N3N=C(C)[C@@](O)(CC)C3=O)c2)o1. The quantitative estimate of drug-likeness (QED) is 0.811. The lowest BCUT2D eigenvalue weighted by Gasteiger charge is -2.21. The highest BCUT2D eigenvalue weighted by Crippen LogP contribution is 2.29. The third kappa shape index (κ3) is 3.40. The normalized spacial score (nSPS) is 19.1. The van der Waals surface area contributed by atoms with Crippen molar-refractivity contribution in [1.29, 1.82) is 0 Å². The van der Waals surface area contributed by atoms with E-state index in [0.717, 1.165) is 5.01 Å². The summed E-state index contributed by atoms with van der Waals surface area (Å²) in [6, 6.07) is 6.55. The van der Waals surface area contributed by atoms with Crippen LogP contribution in [-0.4, -0.2) is 50.4 Å². The van der Waals surface area contributed by atoms with Gasteiger partial charge in [0.15, 0.2) is 5.60 Å². The molecular formula is C19H23N5O4. The second kappa shape index (κ2) is 7.51. The Bertz CT molecular complexity index is 938. The van der Waals surface area contributed by atoms with E-state index in [1.807, 2.05) is 6.92 Å². The molecule has 28 heavy (non-hydrogen) atoms. The van der Waals surface area contributed by atoms with Crippen molar-refractivity contribution < 1.29 is 19.1 Å². The summed E-state index contributed by atoms with van der Waals surface area (Å²) in [5.74, 6) is 0.0773. The van der Waals surface area contributed by atoms with Crippen LogP contribution in [0.2, 0.25) is 0 Å². The standard InChI is InChI=1S/C19H23N5O4/c1-5-15-20-21-16(28-15)11-23(4)17(25)13-8-7-9-14(10-13)24-18(26)19(27,6-2)12(3)22-24/h7-10,27H,5-6,11H2,1-4H3/t19-/m0/s1. The molecule has 9 heteroatoms. The smallest absolute Gasteiger partial charge is 0.285 e. The molecule has 1 N–H and O–H groups in total. The molecule has 0 bridgehead atoms. The van der Waals surface area contributed by atoms with Crippen molar-refractivity contribution in [2.24, 2.45) is 5.10 Å². The van der Waals surface area contributed by atoms with Crippen LogP contribution in [0.15, 0.2) is 33.8 Å². The van der Waals surface area contributed by atoms with E-state index < -0.39 is 11.5 Å². The first-order valence-corrected chi connectivity index (χ1v) is 9.09. The van der Waals surface area contributed by atoms with Crippen LogP contribution in [-0.2, 0) is 17.8 Å². The molecule has 2 heterocycles. The summed E-state index contributed by atoms with van der Waals surface area (Å²) in [6.07, 6.45) is 0.851. The van der Waals surface area contributed by atoms with Crippen LogP contribution >= 0.6 is 0 Å². The average molecular weight is 385 g/mol. The maximum atomic E-state index is 12.8. The van der Waals surface area contributed by atoms with Gasteiger partial charge in [0.05, 0.1) is 17.9 Å². The predicted molar refractivity (Wildman–Crippen MR) is 102 cm³/mol. The van der Waals surface area contributed by atoms with Gasteiger partial charge < -0.3 is 14.4 Å². The minimum absolute atomic E-state index is 0.172. The van der Waals surface area contributed by atoms with Gasteiger partial charge in [-0.15, -0.1) is 10.2 Å². The van der Waals surface area contributed by atoms with Crippen molar-refractivity contribution in [2.75, 3.05) is 12.1 Å². The van der Waals surface area contributed by atoms with Crippen LogP contribution in [0.3, 0.4) is 0 Å². The Balaban J connectivity index is 1.79. The van der Waals surface area contributed by atoms with Crippen LogP contribution in [0.1, 0.15) is 49.3 Å². The van der Waals surface area contributed by atoms with Crippen molar-refractivity contribution in [1.82, 2.24) is 15.1 Å². The molecule has 2 amide bonds. The third-order valence-electron chi connectivity index (χ3n) is 4.77. The van der Waals surface area contributed by atoms with Gasteiger partial charge in [0.2, 0.25) is 11.8 Å². The topological polar surface area (TPSA) is 112 Å². The lowest BCUT2D eigenvalue weighted by molar-refractivity contribution is -0.129. The monoisotopic (exact) mass is 385 g/mol. The van der Waals surface area contributed by atoms with E-state index >= 15 is 0 Å². The van der Waals surface area contributed by atoms with E-state index in [1.165, 1.54) is 4.90 Å². The Kier molecular flexibility index (Phi) is 5.28. The predicted octanol–water partition coefficient (Wildman–Crippen LogP) is 1.77. The molecular weight excluding hydrogens is 362 g/mol. The molecule has 2 aromatic rings. The number of hydrogen-bond acceptors (Lipinski definition) is 7. The van der Waals surface area contributed by atoms with E-state index in [2.05, 4.69) is 15.3 Å². The molecule has 148 valence electrons. The fourth-order valence-electron chi connectivity index (χ4n) is 2.95. The van der Waals surface area contributed by atoms with Gasteiger partial charge in [-0.1, -0.05) is 19.9 Å². The maximum absolute atomic E-state index is 12.8. The molecule has 0 spiro atoms. The highest BCUT2D eigenvalue weighted by Gasteiger charge is 2.46. The number of nitrogens with zero attached hydrogens (tertiary/aromatic N) is 5. The molecule has 0 fully saturated rings. The molecule has 0 saturated carbocycles. The minimum Gasteiger partial charge on any atom is -0.423 e. The molecule has 0 saturated heterocycles. The van der Waals surface area contributed by atoms with E-state index in [1.54, 1.807) is 45.2 Å². The number of hydrazone groups is 1. The van der Waals surface area contributed by atoms with Crippen LogP contribution in [0, 0.1) is 0 Å². The van der Waals surface area contributed by atoms with Crippen molar-refractivity contribution >= 4 is 23.2 Å². The summed E-state index contributed by atoms with van der Waals surface area (Å²) >= 11 is 0. The molecule has 0 unspecified atom stereocenters. The lowest BCUT2D eigenvalue weighted by atomic mass is 9.95. The van der Waals surface area contributed by atoms with Crippen molar-refractivity contribution in [3.05, 3.63) is 41.6 Å². The van der Waals surface area contributed by atoms with Crippen molar-refractivity contribution in [3.63, 3.8) is 0 Å². The van der Waals surface area contributed by atoms with Crippen LogP contribution in [0.5, 0.6) is 0 Å². The molecule has 9 nitrogen and oxygen atoms in total. The van der Waals surface area contributed by atoms with Crippen LogP contribution in [0.25, 0.3) is 0 Å². The van der Waals surface area contributed by atoms with Gasteiger partial charge in [0.1, 0.15) is 0 Å². The van der Waals surface area contributed by atoms with E-state index in [4.69, 9.17) is 4.42 Å². The van der Waals surface area contributed by atoms with Crippen LogP contribution < -0.4 is 5.01 Å². The van der Waals surface area contributed by atoms with Gasteiger partial charge in [-0.2, -0.15) is 10.1 Å². The molecule has 1 aromatic heterocycles. The fraction of sp³-hybridized carbons (Fsp3) is 0.421. The zero-order chi connectivity index (χ0) is 20.5. The van der Waals surface area contributed by atoms with Gasteiger partial charge in [-0.3, -0.25) is 9.59 Å². The van der Waals surface area contributed by atoms with E-state index in [0.29, 0.717) is 35.2 Å². The summed E-state index contributed by atoms with van der Waals surface area (Å²) in [4.78, 5) is 26.8. The van der Waals surface area contributed by atoms with Gasteiger partial charge in [-0.25, -0.2) is 0 Å². The van der Waals surface area contributed by atoms with Gasteiger partial charge in [0, 0.05) is 19.0 Å². The Morgan fingerprint density at radius 1 is 1.29 bits per heavy atom. The van der Waals surface area contributed by atoms with Gasteiger partial charge in [0.25, 0.3) is 11.8 Å². The van der Waals surface area contributed by atoms with Gasteiger partial charge in [-0.05, 0) is 31.5 Å². The maximum Gasteiger partial charge on any atom is 0.285 e. The number of carbonyl (C=O) groups is 2. The second-order valence-electron chi connectivity index (χ2n) is 6.67. The number of aromatic nitrogens is 2. The zero-order valence-electron chi connectivity index (χ0n) is 16.3. The first-order valence-electron chi connectivity index (χ1n) is 9.09. The molecule has 1 aliphatic heterocycles. The number of aliphatic hydroxyl groups is 1. The summed E-state index contributed by atoms with van der Waals surface area (Å²) < 4.78 is 5.44. The summed E-state index contributed by atoms with van der Waals surface area (Å²) in [5, 5.41) is 23.6. The summed E-state index contributed by atoms with van der Waals surface area (Å²) in [7, 11) is 1.63. The Hall–Kier alpha value is -3.07. The zero-order valence-corrected chi connectivity index (χ0v) is 16.3. The highest BCUT2D eigenvalue weighted by molar-refractivity contribution is 6.21. The van der Waals surface area contributed by atoms with Crippen molar-refractivity contribution in [2.45, 2.75) is 45.8 Å². The number of rotatable bonds is 6. The molecule has 0 radical (unpaired) electrons. The molecule has 1 aliphatic rings. The second-order valence-corrected chi connectivity index (χ2v) is 6.67. The average Bonchev–Trinajstić information content (AvgIpc) is 3.25. The van der Waals surface area contributed by atoms with Gasteiger partial charge >= 0.3 is 0 Å². The summed E-state index contributed by atoms with van der Waals surface area (Å²) in [5.41, 5.74) is -0.481. The first-order chi connectivity index (χ1) is 13.3. The number of anilines is 1. The van der Waals surface area contributed by atoms with Crippen molar-refractivity contribution in [3.8, 4) is 0 Å². The van der Waals surface area contributed by atoms with E-state index in [9.17, 15) is 14.7 Å². The number of carbonyl (C=O) groups excluding carboxylic acids is 2. The number of amides is 2. The largest absolute Gasteiger partial charge is 0.423 e. The lowest BCUT2D eigenvalue weighted by Crippen LogP contribution is -2.45. The number of hydrogen-bond donors (Lipinski definition) is 1. The fourth-order valence-corrected chi connectivity index (χ4v) is 2.95. The molecule has 1 atom stereocenters.